The third kappa shape index (κ3) is 5.99. The van der Waals surface area contributed by atoms with E-state index in [1.165, 1.54) is 18.9 Å². The molecule has 6 rings (SSSR count). The van der Waals surface area contributed by atoms with Crippen LogP contribution in [0.2, 0.25) is 0 Å². The summed E-state index contributed by atoms with van der Waals surface area (Å²) in [6, 6.07) is 11.7. The molecule has 1 N–H and O–H groups in total. The van der Waals surface area contributed by atoms with Crippen molar-refractivity contribution in [2.75, 3.05) is 0 Å². The van der Waals surface area contributed by atoms with Gasteiger partial charge in [0.05, 0.1) is 4.90 Å². The number of fused-ring (bicyclic) bond motifs is 2. The van der Waals surface area contributed by atoms with Crippen LogP contribution < -0.4 is 4.18 Å². The standard InChI is InChI=1S/C35H44O6S2/c1-23(2)30-22-32(42(36,37)38)28-19-11-12-20-29(28)34(30)41-43(39,40)35-31(24-13-5-3-6-14-24)21-26-17-9-10-18-27(26)33(35)25-15-7-4-8-16-25/h9-10,17-18,21-25H,3-8,11-16,19-20H2,1-2H3,(H,36,37,38). The van der Waals surface area contributed by atoms with Crippen molar-refractivity contribution in [3.05, 3.63) is 64.2 Å². The molecule has 43 heavy (non-hydrogen) atoms. The van der Waals surface area contributed by atoms with Gasteiger partial charge in [0.1, 0.15) is 10.6 Å². The first-order chi connectivity index (χ1) is 20.6. The molecule has 0 bridgehead atoms. The molecule has 0 amide bonds. The van der Waals surface area contributed by atoms with Crippen molar-refractivity contribution >= 4 is 31.0 Å². The molecule has 0 aromatic heterocycles. The quantitative estimate of drug-likeness (QED) is 0.208. The van der Waals surface area contributed by atoms with Crippen LogP contribution in [0.3, 0.4) is 0 Å². The first-order valence-corrected chi connectivity index (χ1v) is 19.1. The van der Waals surface area contributed by atoms with E-state index in [4.69, 9.17) is 4.18 Å². The van der Waals surface area contributed by atoms with Crippen LogP contribution in [0.15, 0.2) is 46.2 Å². The van der Waals surface area contributed by atoms with Crippen LogP contribution in [-0.4, -0.2) is 21.4 Å². The summed E-state index contributed by atoms with van der Waals surface area (Å²) < 4.78 is 71.2. The average Bonchev–Trinajstić information content (AvgIpc) is 3.00. The van der Waals surface area contributed by atoms with Gasteiger partial charge in [-0.3, -0.25) is 4.55 Å². The molecule has 0 unspecified atom stereocenters. The van der Waals surface area contributed by atoms with Crippen molar-refractivity contribution in [1.29, 1.82) is 0 Å². The van der Waals surface area contributed by atoms with E-state index in [1.807, 2.05) is 26.0 Å². The summed E-state index contributed by atoms with van der Waals surface area (Å²) in [4.78, 5) is 0.232. The van der Waals surface area contributed by atoms with E-state index >= 15 is 0 Å². The zero-order chi connectivity index (χ0) is 30.4. The summed E-state index contributed by atoms with van der Waals surface area (Å²) in [6.07, 6.45) is 13.0. The molecule has 2 fully saturated rings. The summed E-state index contributed by atoms with van der Waals surface area (Å²) in [5, 5.41) is 2.07. The van der Waals surface area contributed by atoms with Gasteiger partial charge in [0.2, 0.25) is 0 Å². The maximum absolute atomic E-state index is 14.9. The van der Waals surface area contributed by atoms with Gasteiger partial charge >= 0.3 is 10.1 Å². The topological polar surface area (TPSA) is 97.7 Å². The Bertz CT molecular complexity index is 1730. The summed E-state index contributed by atoms with van der Waals surface area (Å²) >= 11 is 0. The summed E-state index contributed by atoms with van der Waals surface area (Å²) in [6.45, 7) is 3.80. The van der Waals surface area contributed by atoms with Crippen molar-refractivity contribution < 1.29 is 25.6 Å². The molecular weight excluding hydrogens is 581 g/mol. The zero-order valence-electron chi connectivity index (χ0n) is 25.4. The molecule has 0 heterocycles. The fraction of sp³-hybridized carbons (Fsp3) is 0.543. The highest BCUT2D eigenvalue weighted by molar-refractivity contribution is 7.87. The number of hydrogen-bond donors (Lipinski definition) is 1. The fourth-order valence-electron chi connectivity index (χ4n) is 7.98. The lowest BCUT2D eigenvalue weighted by molar-refractivity contribution is 0.420. The minimum Gasteiger partial charge on any atom is -0.378 e. The Morgan fingerprint density at radius 1 is 0.767 bits per heavy atom. The molecule has 2 saturated carbocycles. The molecular formula is C35H44O6S2. The maximum atomic E-state index is 14.9. The number of rotatable bonds is 7. The van der Waals surface area contributed by atoms with Gasteiger partial charge in [-0.15, -0.1) is 0 Å². The average molecular weight is 625 g/mol. The van der Waals surface area contributed by atoms with E-state index in [2.05, 4.69) is 18.2 Å². The first kappa shape index (κ1) is 30.6. The molecule has 0 atom stereocenters. The Morgan fingerprint density at radius 3 is 2.00 bits per heavy atom. The van der Waals surface area contributed by atoms with Crippen molar-refractivity contribution in [3.63, 3.8) is 0 Å². The van der Waals surface area contributed by atoms with E-state index in [1.54, 1.807) is 0 Å². The molecule has 3 aromatic rings. The predicted octanol–water partition coefficient (Wildman–Crippen LogP) is 8.95. The summed E-state index contributed by atoms with van der Waals surface area (Å²) in [5.74, 6) is 0.324. The minimum absolute atomic E-state index is 0.118. The zero-order valence-corrected chi connectivity index (χ0v) is 27.0. The van der Waals surface area contributed by atoms with Crippen LogP contribution in [0.1, 0.15) is 136 Å². The van der Waals surface area contributed by atoms with E-state index < -0.39 is 20.2 Å². The number of benzene rings is 3. The lowest BCUT2D eigenvalue weighted by Gasteiger charge is -2.31. The molecule has 0 aliphatic heterocycles. The van der Waals surface area contributed by atoms with Gasteiger partial charge in [0.15, 0.2) is 0 Å². The normalized spacial score (nSPS) is 19.1. The van der Waals surface area contributed by atoms with Crippen LogP contribution >= 0.6 is 0 Å². The Balaban J connectivity index is 1.61. The summed E-state index contributed by atoms with van der Waals surface area (Å²) in [7, 11) is -8.80. The SMILES string of the molecule is CC(C)c1cc(S(=O)(=O)O)c2c(c1OS(=O)(=O)c1c(C3CCCCC3)cc3ccccc3c1C1CCCCC1)CCCC2. The van der Waals surface area contributed by atoms with Gasteiger partial charge in [-0.05, 0) is 109 Å². The Hall–Kier alpha value is -2.42. The van der Waals surface area contributed by atoms with Crippen molar-refractivity contribution in [3.8, 4) is 5.75 Å². The van der Waals surface area contributed by atoms with E-state index in [0.29, 0.717) is 34.4 Å². The minimum atomic E-state index is -4.48. The Labute approximate surface area is 257 Å². The Kier molecular flexibility index (Phi) is 8.66. The van der Waals surface area contributed by atoms with Gasteiger partial charge in [-0.25, -0.2) is 0 Å². The van der Waals surface area contributed by atoms with Gasteiger partial charge in [0.25, 0.3) is 10.1 Å². The molecule has 0 radical (unpaired) electrons. The lowest BCUT2D eigenvalue weighted by Crippen LogP contribution is -2.22. The third-order valence-electron chi connectivity index (χ3n) is 10.1. The maximum Gasteiger partial charge on any atom is 0.339 e. The van der Waals surface area contributed by atoms with Gasteiger partial charge < -0.3 is 4.18 Å². The Morgan fingerprint density at radius 2 is 1.37 bits per heavy atom. The van der Waals surface area contributed by atoms with Crippen LogP contribution in [0.25, 0.3) is 10.8 Å². The van der Waals surface area contributed by atoms with Crippen LogP contribution in [-0.2, 0) is 33.1 Å². The largest absolute Gasteiger partial charge is 0.378 e. The highest BCUT2D eigenvalue weighted by Crippen LogP contribution is 2.48. The fourth-order valence-corrected chi connectivity index (χ4v) is 10.3. The second-order valence-electron chi connectivity index (χ2n) is 13.2. The third-order valence-corrected chi connectivity index (χ3v) is 12.3. The highest BCUT2D eigenvalue weighted by atomic mass is 32.2. The molecule has 6 nitrogen and oxygen atoms in total. The molecule has 232 valence electrons. The van der Waals surface area contributed by atoms with Crippen molar-refractivity contribution in [1.82, 2.24) is 0 Å². The second kappa shape index (κ2) is 12.2. The van der Waals surface area contributed by atoms with Crippen LogP contribution in [0.5, 0.6) is 5.75 Å². The monoisotopic (exact) mass is 624 g/mol. The highest BCUT2D eigenvalue weighted by Gasteiger charge is 2.36. The van der Waals surface area contributed by atoms with Gasteiger partial charge in [-0.2, -0.15) is 16.8 Å². The molecule has 3 aromatic carbocycles. The molecule has 8 heteroatoms. The molecule has 3 aliphatic carbocycles. The summed E-state index contributed by atoms with van der Waals surface area (Å²) in [5.41, 5.74) is 3.38. The van der Waals surface area contributed by atoms with Gasteiger partial charge in [-0.1, -0.05) is 76.6 Å². The van der Waals surface area contributed by atoms with Gasteiger partial charge in [0, 0.05) is 11.1 Å². The molecule has 3 aliphatic rings. The number of hydrogen-bond acceptors (Lipinski definition) is 5. The van der Waals surface area contributed by atoms with Crippen molar-refractivity contribution in [2.45, 2.75) is 131 Å². The van der Waals surface area contributed by atoms with Crippen LogP contribution in [0, 0.1) is 0 Å². The first-order valence-electron chi connectivity index (χ1n) is 16.2. The van der Waals surface area contributed by atoms with E-state index in [-0.39, 0.29) is 28.4 Å². The van der Waals surface area contributed by atoms with E-state index in [9.17, 15) is 21.4 Å². The second-order valence-corrected chi connectivity index (χ2v) is 16.1. The van der Waals surface area contributed by atoms with E-state index in [0.717, 1.165) is 86.1 Å². The molecule has 0 spiro atoms. The smallest absolute Gasteiger partial charge is 0.339 e. The van der Waals surface area contributed by atoms with Crippen molar-refractivity contribution in [2.24, 2.45) is 0 Å². The lowest BCUT2D eigenvalue weighted by atomic mass is 9.78. The van der Waals surface area contributed by atoms with Crippen LogP contribution in [0.4, 0.5) is 0 Å². The predicted molar refractivity (Wildman–Crippen MR) is 170 cm³/mol. The molecule has 0 saturated heterocycles.